The van der Waals surface area contributed by atoms with Crippen molar-refractivity contribution in [2.75, 3.05) is 12.4 Å². The van der Waals surface area contributed by atoms with Crippen molar-refractivity contribution in [3.8, 4) is 5.75 Å². The molecule has 4 rings (SSSR count). The van der Waals surface area contributed by atoms with Crippen LogP contribution in [0.3, 0.4) is 0 Å². The predicted molar refractivity (Wildman–Crippen MR) is 106 cm³/mol. The molecule has 1 aliphatic rings. The number of hydrogen-bond acceptors (Lipinski definition) is 4. The van der Waals surface area contributed by atoms with Crippen molar-refractivity contribution in [1.82, 2.24) is 0 Å². The Morgan fingerprint density at radius 3 is 2.57 bits per heavy atom. The zero-order valence-corrected chi connectivity index (χ0v) is 15.3. The van der Waals surface area contributed by atoms with Gasteiger partial charge in [0, 0.05) is 12.0 Å². The molecule has 5 heteroatoms. The van der Waals surface area contributed by atoms with E-state index in [0.717, 1.165) is 11.1 Å². The van der Waals surface area contributed by atoms with Gasteiger partial charge in [0.25, 0.3) is 5.91 Å². The second kappa shape index (κ2) is 7.56. The zero-order chi connectivity index (χ0) is 19.5. The molecule has 0 fully saturated rings. The molecule has 1 heterocycles. The van der Waals surface area contributed by atoms with E-state index in [0.29, 0.717) is 29.0 Å². The average Bonchev–Trinajstić information content (AvgIpc) is 2.74. The molecule has 0 bridgehead atoms. The van der Waals surface area contributed by atoms with E-state index < -0.39 is 0 Å². The SMILES string of the molecule is COc1ccccc1NC(=O)c1ccc2c(c1)CC(c1ccccc1)OC2=O. The summed E-state index contributed by atoms with van der Waals surface area (Å²) in [5, 5.41) is 2.86. The molecule has 1 N–H and O–H groups in total. The quantitative estimate of drug-likeness (QED) is 0.689. The van der Waals surface area contributed by atoms with Crippen LogP contribution in [-0.2, 0) is 11.2 Å². The smallest absolute Gasteiger partial charge is 0.339 e. The molecule has 0 saturated carbocycles. The third kappa shape index (κ3) is 3.47. The van der Waals surface area contributed by atoms with Gasteiger partial charge in [-0.25, -0.2) is 4.79 Å². The number of esters is 1. The first kappa shape index (κ1) is 17.8. The number of para-hydroxylation sites is 2. The summed E-state index contributed by atoms with van der Waals surface area (Å²) in [4.78, 5) is 25.1. The van der Waals surface area contributed by atoms with Crippen LogP contribution in [0.5, 0.6) is 5.75 Å². The number of anilines is 1. The Morgan fingerprint density at radius 1 is 1.04 bits per heavy atom. The summed E-state index contributed by atoms with van der Waals surface area (Å²) in [6.45, 7) is 0. The minimum absolute atomic E-state index is 0.262. The maximum atomic E-state index is 12.7. The lowest BCUT2D eigenvalue weighted by atomic mass is 9.93. The van der Waals surface area contributed by atoms with Crippen LogP contribution >= 0.6 is 0 Å². The lowest BCUT2D eigenvalue weighted by Crippen LogP contribution is -2.23. The molecule has 0 aromatic heterocycles. The number of ether oxygens (including phenoxy) is 2. The van der Waals surface area contributed by atoms with E-state index in [1.165, 1.54) is 0 Å². The lowest BCUT2D eigenvalue weighted by molar-refractivity contribution is 0.0252. The molecule has 0 spiro atoms. The highest BCUT2D eigenvalue weighted by Gasteiger charge is 2.28. The molecular weight excluding hydrogens is 354 g/mol. The molecule has 0 radical (unpaired) electrons. The molecule has 5 nitrogen and oxygen atoms in total. The van der Waals surface area contributed by atoms with Gasteiger partial charge < -0.3 is 14.8 Å². The maximum Gasteiger partial charge on any atom is 0.339 e. The fourth-order valence-corrected chi connectivity index (χ4v) is 3.33. The Bertz CT molecular complexity index is 1030. The molecule has 1 atom stereocenters. The van der Waals surface area contributed by atoms with Crippen molar-refractivity contribution >= 4 is 17.6 Å². The summed E-state index contributed by atoms with van der Waals surface area (Å²) >= 11 is 0. The number of nitrogens with one attached hydrogen (secondary N) is 1. The first-order valence-corrected chi connectivity index (χ1v) is 8.99. The van der Waals surface area contributed by atoms with Gasteiger partial charge in [0.05, 0.1) is 18.4 Å². The molecule has 1 amide bonds. The molecule has 3 aromatic rings. The number of fused-ring (bicyclic) bond motifs is 1. The van der Waals surface area contributed by atoms with Crippen molar-refractivity contribution in [3.05, 3.63) is 95.1 Å². The Kier molecular flexibility index (Phi) is 4.81. The van der Waals surface area contributed by atoms with Crippen LogP contribution in [-0.4, -0.2) is 19.0 Å². The van der Waals surface area contributed by atoms with Crippen LogP contribution in [0.2, 0.25) is 0 Å². The van der Waals surface area contributed by atoms with Crippen LogP contribution in [0.25, 0.3) is 0 Å². The van der Waals surface area contributed by atoms with E-state index in [1.807, 2.05) is 42.5 Å². The number of benzene rings is 3. The van der Waals surface area contributed by atoms with Gasteiger partial charge in [-0.1, -0.05) is 42.5 Å². The minimum Gasteiger partial charge on any atom is -0.495 e. The van der Waals surface area contributed by atoms with Crippen molar-refractivity contribution in [2.24, 2.45) is 0 Å². The molecule has 28 heavy (non-hydrogen) atoms. The van der Waals surface area contributed by atoms with Gasteiger partial charge in [-0.05, 0) is 41.5 Å². The summed E-state index contributed by atoms with van der Waals surface area (Å²) in [6.07, 6.45) is 0.176. The summed E-state index contributed by atoms with van der Waals surface area (Å²) in [5.41, 5.74) is 3.31. The van der Waals surface area contributed by atoms with Crippen LogP contribution in [0.15, 0.2) is 72.8 Å². The normalized spacial score (nSPS) is 15.3. The topological polar surface area (TPSA) is 64.6 Å². The number of hydrogen-bond donors (Lipinski definition) is 1. The van der Waals surface area contributed by atoms with Gasteiger partial charge >= 0.3 is 5.97 Å². The van der Waals surface area contributed by atoms with Gasteiger partial charge in [0.1, 0.15) is 11.9 Å². The van der Waals surface area contributed by atoms with Crippen LogP contribution in [0, 0.1) is 0 Å². The van der Waals surface area contributed by atoms with E-state index in [1.54, 1.807) is 37.4 Å². The van der Waals surface area contributed by atoms with Crippen molar-refractivity contribution < 1.29 is 19.1 Å². The Balaban J connectivity index is 1.60. The number of rotatable bonds is 4. The fourth-order valence-electron chi connectivity index (χ4n) is 3.33. The maximum absolute atomic E-state index is 12.7. The van der Waals surface area contributed by atoms with E-state index in [9.17, 15) is 9.59 Å². The summed E-state index contributed by atoms with van der Waals surface area (Å²) in [5.74, 6) is -0.0455. The van der Waals surface area contributed by atoms with Gasteiger partial charge in [-0.3, -0.25) is 4.79 Å². The minimum atomic E-state index is -0.369. The summed E-state index contributed by atoms with van der Waals surface area (Å²) < 4.78 is 10.8. The van der Waals surface area contributed by atoms with Gasteiger partial charge in [-0.15, -0.1) is 0 Å². The zero-order valence-electron chi connectivity index (χ0n) is 15.3. The third-order valence-electron chi connectivity index (χ3n) is 4.77. The van der Waals surface area contributed by atoms with Crippen LogP contribution < -0.4 is 10.1 Å². The Morgan fingerprint density at radius 2 is 1.79 bits per heavy atom. The standard InChI is InChI=1S/C23H19NO4/c1-27-20-10-6-5-9-19(20)24-22(25)16-11-12-18-17(13-16)14-21(28-23(18)26)15-7-3-2-4-8-15/h2-13,21H,14H2,1H3,(H,24,25). The first-order valence-electron chi connectivity index (χ1n) is 8.99. The first-order chi connectivity index (χ1) is 13.7. The molecule has 140 valence electrons. The Labute approximate surface area is 162 Å². The predicted octanol–water partition coefficient (Wildman–Crippen LogP) is 4.40. The highest BCUT2D eigenvalue weighted by atomic mass is 16.5. The van der Waals surface area contributed by atoms with Crippen LogP contribution in [0.4, 0.5) is 5.69 Å². The number of carbonyl (C=O) groups excluding carboxylic acids is 2. The van der Waals surface area contributed by atoms with Gasteiger partial charge in [0.15, 0.2) is 0 Å². The highest BCUT2D eigenvalue weighted by Crippen LogP contribution is 2.31. The molecule has 0 aliphatic carbocycles. The molecule has 1 aliphatic heterocycles. The van der Waals surface area contributed by atoms with Crippen molar-refractivity contribution in [2.45, 2.75) is 12.5 Å². The molecule has 0 saturated heterocycles. The fraction of sp³-hybridized carbons (Fsp3) is 0.130. The number of carbonyl (C=O) groups is 2. The largest absolute Gasteiger partial charge is 0.495 e. The van der Waals surface area contributed by atoms with E-state index in [-0.39, 0.29) is 18.0 Å². The second-order valence-electron chi connectivity index (χ2n) is 6.54. The summed E-state index contributed by atoms with van der Waals surface area (Å²) in [7, 11) is 1.55. The van der Waals surface area contributed by atoms with E-state index in [4.69, 9.17) is 9.47 Å². The number of methoxy groups -OCH3 is 1. The Hall–Kier alpha value is -3.60. The highest BCUT2D eigenvalue weighted by molar-refractivity contribution is 6.06. The van der Waals surface area contributed by atoms with Crippen LogP contribution in [0.1, 0.15) is 37.9 Å². The number of amides is 1. The third-order valence-corrected chi connectivity index (χ3v) is 4.77. The van der Waals surface area contributed by atoms with E-state index in [2.05, 4.69) is 5.32 Å². The summed E-state index contributed by atoms with van der Waals surface area (Å²) in [6, 6.07) is 21.9. The lowest BCUT2D eigenvalue weighted by Gasteiger charge is -2.25. The van der Waals surface area contributed by atoms with Crippen molar-refractivity contribution in [3.63, 3.8) is 0 Å². The molecule has 3 aromatic carbocycles. The second-order valence-corrected chi connectivity index (χ2v) is 6.54. The van der Waals surface area contributed by atoms with Gasteiger partial charge in [-0.2, -0.15) is 0 Å². The van der Waals surface area contributed by atoms with Gasteiger partial charge in [0.2, 0.25) is 0 Å². The monoisotopic (exact) mass is 373 g/mol. The molecule has 1 unspecified atom stereocenters. The average molecular weight is 373 g/mol. The van der Waals surface area contributed by atoms with Crippen molar-refractivity contribution in [1.29, 1.82) is 0 Å². The molecular formula is C23H19NO4. The van der Waals surface area contributed by atoms with E-state index >= 15 is 0 Å². The number of cyclic esters (lactones) is 1.